The van der Waals surface area contributed by atoms with E-state index in [1.807, 2.05) is 32.0 Å². The van der Waals surface area contributed by atoms with Crippen LogP contribution in [0.4, 0.5) is 5.69 Å². The van der Waals surface area contributed by atoms with E-state index in [0.29, 0.717) is 11.1 Å². The minimum Gasteiger partial charge on any atom is -0.273 e. The standard InChI is InChI=1S/C18H19N3O3/c1-12-4-7-16(14(3)8-12)10-18(22)20-19-11-15-6-5-13(2)17(9-15)21(23)24/h4-9,11H,10H2,1-3H3,(H,20,22)/b19-11+. The van der Waals surface area contributed by atoms with Crippen molar-refractivity contribution in [1.82, 2.24) is 5.43 Å². The van der Waals surface area contributed by atoms with Gasteiger partial charge in [-0.1, -0.05) is 35.9 Å². The number of carbonyl (C=O) groups is 1. The molecule has 0 aliphatic rings. The van der Waals surface area contributed by atoms with Gasteiger partial charge in [0, 0.05) is 17.2 Å². The summed E-state index contributed by atoms with van der Waals surface area (Å²) in [6.45, 7) is 5.64. The fraction of sp³-hybridized carbons (Fsp3) is 0.222. The number of hydrogen-bond acceptors (Lipinski definition) is 4. The first-order chi connectivity index (χ1) is 11.4. The van der Waals surface area contributed by atoms with E-state index in [9.17, 15) is 14.9 Å². The van der Waals surface area contributed by atoms with E-state index in [-0.39, 0.29) is 18.0 Å². The topological polar surface area (TPSA) is 84.6 Å². The van der Waals surface area contributed by atoms with Gasteiger partial charge in [-0.15, -0.1) is 0 Å². The van der Waals surface area contributed by atoms with Crippen LogP contribution in [-0.4, -0.2) is 17.0 Å². The lowest BCUT2D eigenvalue weighted by molar-refractivity contribution is -0.385. The highest BCUT2D eigenvalue weighted by Crippen LogP contribution is 2.18. The number of carbonyl (C=O) groups excluding carboxylic acids is 1. The average molecular weight is 325 g/mol. The fourth-order valence-corrected chi connectivity index (χ4v) is 2.34. The van der Waals surface area contributed by atoms with Crippen molar-refractivity contribution in [2.75, 3.05) is 0 Å². The molecule has 124 valence electrons. The third-order valence-corrected chi connectivity index (χ3v) is 3.68. The highest BCUT2D eigenvalue weighted by molar-refractivity contribution is 5.84. The zero-order chi connectivity index (χ0) is 17.7. The Morgan fingerprint density at radius 3 is 2.58 bits per heavy atom. The molecule has 0 saturated heterocycles. The minimum absolute atomic E-state index is 0.0283. The summed E-state index contributed by atoms with van der Waals surface area (Å²) in [7, 11) is 0. The molecule has 2 rings (SSSR count). The summed E-state index contributed by atoms with van der Waals surface area (Å²) >= 11 is 0. The molecule has 0 aromatic heterocycles. The maximum absolute atomic E-state index is 11.9. The zero-order valence-electron chi connectivity index (χ0n) is 13.9. The third kappa shape index (κ3) is 4.49. The predicted molar refractivity (Wildman–Crippen MR) is 93.2 cm³/mol. The molecule has 0 unspecified atom stereocenters. The Kier molecular flexibility index (Phi) is 5.42. The number of benzene rings is 2. The van der Waals surface area contributed by atoms with Crippen LogP contribution in [0.2, 0.25) is 0 Å². The Morgan fingerprint density at radius 1 is 1.17 bits per heavy atom. The van der Waals surface area contributed by atoms with Crippen LogP contribution in [-0.2, 0) is 11.2 Å². The fourth-order valence-electron chi connectivity index (χ4n) is 2.34. The Morgan fingerprint density at radius 2 is 1.92 bits per heavy atom. The molecule has 0 heterocycles. The van der Waals surface area contributed by atoms with Gasteiger partial charge in [0.05, 0.1) is 17.6 Å². The second-order valence-corrected chi connectivity index (χ2v) is 5.70. The maximum Gasteiger partial charge on any atom is 0.272 e. The first kappa shape index (κ1) is 17.3. The first-order valence-corrected chi connectivity index (χ1v) is 7.50. The van der Waals surface area contributed by atoms with Crippen LogP contribution in [0.5, 0.6) is 0 Å². The molecule has 2 aromatic rings. The number of hydrogen-bond donors (Lipinski definition) is 1. The molecule has 0 bridgehead atoms. The molecular formula is C18H19N3O3. The van der Waals surface area contributed by atoms with Crippen LogP contribution >= 0.6 is 0 Å². The molecule has 0 saturated carbocycles. The lowest BCUT2D eigenvalue weighted by Crippen LogP contribution is -2.20. The number of amides is 1. The molecule has 6 nitrogen and oxygen atoms in total. The molecule has 0 aliphatic heterocycles. The van der Waals surface area contributed by atoms with Crippen LogP contribution in [0.1, 0.15) is 27.8 Å². The van der Waals surface area contributed by atoms with E-state index in [4.69, 9.17) is 0 Å². The molecule has 2 aromatic carbocycles. The van der Waals surface area contributed by atoms with Gasteiger partial charge in [-0.25, -0.2) is 5.43 Å². The van der Waals surface area contributed by atoms with E-state index in [1.54, 1.807) is 19.1 Å². The van der Waals surface area contributed by atoms with E-state index in [0.717, 1.165) is 16.7 Å². The lowest BCUT2D eigenvalue weighted by Gasteiger charge is -2.05. The van der Waals surface area contributed by atoms with Gasteiger partial charge in [0.25, 0.3) is 5.69 Å². The Hall–Kier alpha value is -3.02. The van der Waals surface area contributed by atoms with Gasteiger partial charge in [0.2, 0.25) is 5.91 Å². The van der Waals surface area contributed by atoms with Crippen molar-refractivity contribution in [3.8, 4) is 0 Å². The molecule has 1 amide bonds. The number of hydrazone groups is 1. The maximum atomic E-state index is 11.9. The summed E-state index contributed by atoms with van der Waals surface area (Å²) in [5, 5.41) is 14.8. The largest absolute Gasteiger partial charge is 0.273 e. The lowest BCUT2D eigenvalue weighted by atomic mass is 10.0. The van der Waals surface area contributed by atoms with Crippen molar-refractivity contribution in [3.05, 3.63) is 74.3 Å². The monoisotopic (exact) mass is 325 g/mol. The Bertz CT molecular complexity index is 813. The highest BCUT2D eigenvalue weighted by atomic mass is 16.6. The normalized spacial score (nSPS) is 10.8. The smallest absolute Gasteiger partial charge is 0.272 e. The van der Waals surface area contributed by atoms with Crippen LogP contribution in [0.3, 0.4) is 0 Å². The number of nitro benzene ring substituents is 1. The van der Waals surface area contributed by atoms with Crippen LogP contribution in [0.15, 0.2) is 41.5 Å². The SMILES string of the molecule is Cc1ccc(CC(=O)N/N=C/c2ccc(C)c([N+](=O)[O-])c2)c(C)c1. The third-order valence-electron chi connectivity index (χ3n) is 3.68. The number of rotatable bonds is 5. The predicted octanol–water partition coefficient (Wildman–Crippen LogP) is 3.21. The number of nitro groups is 1. The summed E-state index contributed by atoms with van der Waals surface area (Å²) in [6.07, 6.45) is 1.63. The minimum atomic E-state index is -0.439. The number of nitrogens with one attached hydrogen (secondary N) is 1. The van der Waals surface area contributed by atoms with Crippen molar-refractivity contribution >= 4 is 17.8 Å². The number of aryl methyl sites for hydroxylation is 3. The summed E-state index contributed by atoms with van der Waals surface area (Å²) in [5.41, 5.74) is 6.76. The number of nitrogens with zero attached hydrogens (tertiary/aromatic N) is 2. The second-order valence-electron chi connectivity index (χ2n) is 5.70. The van der Waals surface area contributed by atoms with Gasteiger partial charge in [-0.2, -0.15) is 5.10 Å². The van der Waals surface area contributed by atoms with Gasteiger partial charge in [0.15, 0.2) is 0 Å². The molecule has 1 N–H and O–H groups in total. The zero-order valence-corrected chi connectivity index (χ0v) is 13.9. The summed E-state index contributed by atoms with van der Waals surface area (Å²) in [5.74, 6) is -0.236. The first-order valence-electron chi connectivity index (χ1n) is 7.50. The van der Waals surface area contributed by atoms with Gasteiger partial charge in [-0.05, 0) is 31.9 Å². The van der Waals surface area contributed by atoms with Crippen LogP contribution < -0.4 is 5.43 Å². The Balaban J connectivity index is 2.00. The molecule has 0 spiro atoms. The summed E-state index contributed by atoms with van der Waals surface area (Å²) in [6, 6.07) is 10.7. The average Bonchev–Trinajstić information content (AvgIpc) is 2.51. The van der Waals surface area contributed by atoms with Gasteiger partial charge >= 0.3 is 0 Å². The molecule has 0 atom stereocenters. The van der Waals surface area contributed by atoms with Gasteiger partial charge < -0.3 is 0 Å². The molecule has 0 radical (unpaired) electrons. The molecular weight excluding hydrogens is 306 g/mol. The highest BCUT2D eigenvalue weighted by Gasteiger charge is 2.10. The van der Waals surface area contributed by atoms with E-state index >= 15 is 0 Å². The Labute approximate surface area is 140 Å². The molecule has 0 aliphatic carbocycles. The van der Waals surface area contributed by atoms with Crippen molar-refractivity contribution in [1.29, 1.82) is 0 Å². The van der Waals surface area contributed by atoms with E-state index in [2.05, 4.69) is 10.5 Å². The van der Waals surface area contributed by atoms with E-state index in [1.165, 1.54) is 12.3 Å². The van der Waals surface area contributed by atoms with Crippen molar-refractivity contribution in [3.63, 3.8) is 0 Å². The quantitative estimate of drug-likeness (QED) is 0.520. The molecule has 0 fully saturated rings. The summed E-state index contributed by atoms with van der Waals surface area (Å²) in [4.78, 5) is 22.4. The van der Waals surface area contributed by atoms with Gasteiger partial charge in [0.1, 0.15) is 0 Å². The second kappa shape index (κ2) is 7.50. The molecule has 24 heavy (non-hydrogen) atoms. The van der Waals surface area contributed by atoms with Crippen molar-refractivity contribution in [2.45, 2.75) is 27.2 Å². The van der Waals surface area contributed by atoms with E-state index < -0.39 is 4.92 Å². The van der Waals surface area contributed by atoms with Crippen molar-refractivity contribution in [2.24, 2.45) is 5.10 Å². The molecule has 6 heteroatoms. The van der Waals surface area contributed by atoms with Crippen LogP contribution in [0, 0.1) is 30.9 Å². The van der Waals surface area contributed by atoms with Gasteiger partial charge in [-0.3, -0.25) is 14.9 Å². The van der Waals surface area contributed by atoms with Crippen LogP contribution in [0.25, 0.3) is 0 Å². The van der Waals surface area contributed by atoms with Crippen molar-refractivity contribution < 1.29 is 9.72 Å². The summed E-state index contributed by atoms with van der Waals surface area (Å²) < 4.78 is 0.